The minimum absolute atomic E-state index is 0.126. The third-order valence-corrected chi connectivity index (χ3v) is 5.26. The highest BCUT2D eigenvalue weighted by Gasteiger charge is 2.24. The minimum atomic E-state index is -0.502. The van der Waals surface area contributed by atoms with Crippen molar-refractivity contribution in [1.82, 2.24) is 19.5 Å². The number of piperazine rings is 1. The molecule has 4 rings (SSSR count). The maximum Gasteiger partial charge on any atom is 0.368 e. The summed E-state index contributed by atoms with van der Waals surface area (Å²) in [5.74, 6) is 0.608. The van der Waals surface area contributed by atoms with E-state index in [4.69, 9.17) is 0 Å². The SMILES string of the molecule is O=C(Cc1cccs1)N1CCN(c2ccc3ncc([N+](=O)[O-])n3n2)CC1. The lowest BCUT2D eigenvalue weighted by Gasteiger charge is -2.34. The number of carbonyl (C=O) groups excluding carboxylic acids is 1. The number of fused-ring (bicyclic) bond motifs is 1. The van der Waals surface area contributed by atoms with Gasteiger partial charge in [-0.25, -0.2) is 4.98 Å². The van der Waals surface area contributed by atoms with Crippen LogP contribution in [0.3, 0.4) is 0 Å². The Kier molecular flexibility index (Phi) is 4.25. The Balaban J connectivity index is 1.44. The van der Waals surface area contributed by atoms with Crippen LogP contribution in [-0.2, 0) is 11.2 Å². The van der Waals surface area contributed by atoms with E-state index in [1.807, 2.05) is 27.3 Å². The Bertz CT molecular complexity index is 946. The van der Waals surface area contributed by atoms with E-state index in [0.29, 0.717) is 44.1 Å². The lowest BCUT2D eigenvalue weighted by Crippen LogP contribution is -2.49. The molecule has 1 aliphatic heterocycles. The standard InChI is InChI=1S/C16H16N6O3S/c23-16(10-12-2-1-9-26-12)20-7-5-19(6-8-20)14-4-3-13-17-11-15(22(24)25)21(13)18-14/h1-4,9,11H,5-8,10H2. The third-order valence-electron chi connectivity index (χ3n) is 4.38. The molecule has 1 amide bonds. The summed E-state index contributed by atoms with van der Waals surface area (Å²) in [6.45, 7) is 2.49. The van der Waals surface area contributed by atoms with Crippen molar-refractivity contribution in [3.8, 4) is 0 Å². The second kappa shape index (κ2) is 6.71. The van der Waals surface area contributed by atoms with Gasteiger partial charge in [-0.15, -0.1) is 11.3 Å². The summed E-state index contributed by atoms with van der Waals surface area (Å²) in [4.78, 5) is 31.9. The van der Waals surface area contributed by atoms with Crippen LogP contribution in [0.5, 0.6) is 0 Å². The van der Waals surface area contributed by atoms with Crippen molar-refractivity contribution in [2.75, 3.05) is 31.1 Å². The van der Waals surface area contributed by atoms with Gasteiger partial charge in [0.2, 0.25) is 11.6 Å². The number of rotatable bonds is 4. The van der Waals surface area contributed by atoms with E-state index in [-0.39, 0.29) is 11.7 Å². The van der Waals surface area contributed by atoms with Crippen LogP contribution >= 0.6 is 11.3 Å². The maximum absolute atomic E-state index is 12.4. The molecule has 3 aromatic heterocycles. The van der Waals surface area contributed by atoms with E-state index in [0.717, 1.165) is 4.88 Å². The summed E-state index contributed by atoms with van der Waals surface area (Å²) < 4.78 is 1.24. The average Bonchev–Trinajstić information content (AvgIpc) is 3.30. The van der Waals surface area contributed by atoms with Gasteiger partial charge < -0.3 is 19.9 Å². The zero-order valence-electron chi connectivity index (χ0n) is 13.8. The van der Waals surface area contributed by atoms with Crippen molar-refractivity contribution in [2.45, 2.75) is 6.42 Å². The highest BCUT2D eigenvalue weighted by atomic mass is 32.1. The number of hydrogen-bond acceptors (Lipinski definition) is 7. The Labute approximate surface area is 152 Å². The molecule has 1 fully saturated rings. The van der Waals surface area contributed by atoms with Crippen LogP contribution in [0.15, 0.2) is 35.8 Å². The van der Waals surface area contributed by atoms with Gasteiger partial charge in [-0.05, 0) is 22.4 Å². The maximum atomic E-state index is 12.4. The lowest BCUT2D eigenvalue weighted by atomic mass is 10.2. The minimum Gasteiger partial charge on any atom is -0.358 e. The molecule has 1 aliphatic rings. The molecule has 10 heteroatoms. The van der Waals surface area contributed by atoms with Crippen LogP contribution < -0.4 is 4.90 Å². The lowest BCUT2D eigenvalue weighted by molar-refractivity contribution is -0.391. The largest absolute Gasteiger partial charge is 0.368 e. The first kappa shape index (κ1) is 16.5. The molecule has 26 heavy (non-hydrogen) atoms. The molecule has 0 saturated carbocycles. The van der Waals surface area contributed by atoms with Crippen LogP contribution in [0.25, 0.3) is 5.65 Å². The van der Waals surface area contributed by atoms with Gasteiger partial charge in [0.05, 0.1) is 6.42 Å². The van der Waals surface area contributed by atoms with Crippen LogP contribution in [0, 0.1) is 10.1 Å². The molecular weight excluding hydrogens is 356 g/mol. The zero-order valence-corrected chi connectivity index (χ0v) is 14.6. The summed E-state index contributed by atoms with van der Waals surface area (Å²) in [5.41, 5.74) is 0.435. The summed E-state index contributed by atoms with van der Waals surface area (Å²) in [6.07, 6.45) is 1.64. The molecule has 9 nitrogen and oxygen atoms in total. The second-order valence-electron chi connectivity index (χ2n) is 5.96. The van der Waals surface area contributed by atoms with Gasteiger partial charge in [-0.3, -0.25) is 4.79 Å². The second-order valence-corrected chi connectivity index (χ2v) is 6.99. The van der Waals surface area contributed by atoms with E-state index >= 15 is 0 Å². The topological polar surface area (TPSA) is 96.9 Å². The van der Waals surface area contributed by atoms with Crippen LogP contribution in [0.1, 0.15) is 4.88 Å². The molecule has 3 aromatic rings. The first-order valence-corrected chi connectivity index (χ1v) is 9.04. The van der Waals surface area contributed by atoms with Gasteiger partial charge in [0.15, 0.2) is 5.82 Å². The molecular formula is C16H16N6O3S. The van der Waals surface area contributed by atoms with E-state index < -0.39 is 4.92 Å². The Morgan fingerprint density at radius 2 is 2.04 bits per heavy atom. The van der Waals surface area contributed by atoms with Crippen molar-refractivity contribution < 1.29 is 9.72 Å². The number of nitrogens with zero attached hydrogens (tertiary/aromatic N) is 6. The van der Waals surface area contributed by atoms with E-state index in [9.17, 15) is 14.9 Å². The first-order valence-electron chi connectivity index (χ1n) is 8.16. The Morgan fingerprint density at radius 3 is 2.73 bits per heavy atom. The smallest absolute Gasteiger partial charge is 0.358 e. The molecule has 0 N–H and O–H groups in total. The van der Waals surface area contributed by atoms with Crippen molar-refractivity contribution in [3.63, 3.8) is 0 Å². The Morgan fingerprint density at radius 1 is 1.23 bits per heavy atom. The van der Waals surface area contributed by atoms with Gasteiger partial charge in [-0.2, -0.15) is 0 Å². The highest BCUT2D eigenvalue weighted by Crippen LogP contribution is 2.19. The molecule has 0 bridgehead atoms. The normalized spacial score (nSPS) is 14.8. The number of hydrogen-bond donors (Lipinski definition) is 0. The fourth-order valence-electron chi connectivity index (χ4n) is 3.00. The van der Waals surface area contributed by atoms with Gasteiger partial charge >= 0.3 is 5.82 Å². The number of amides is 1. The highest BCUT2D eigenvalue weighted by molar-refractivity contribution is 7.10. The molecule has 4 heterocycles. The Hall–Kier alpha value is -3.01. The summed E-state index contributed by atoms with van der Waals surface area (Å²) in [7, 11) is 0. The van der Waals surface area contributed by atoms with Crippen molar-refractivity contribution in [1.29, 1.82) is 0 Å². The summed E-state index contributed by atoms with van der Waals surface area (Å²) in [5, 5.41) is 17.4. The fourth-order valence-corrected chi connectivity index (χ4v) is 3.70. The summed E-state index contributed by atoms with van der Waals surface area (Å²) >= 11 is 1.59. The molecule has 1 saturated heterocycles. The number of carbonyl (C=O) groups is 1. The van der Waals surface area contributed by atoms with Crippen LogP contribution in [0.2, 0.25) is 0 Å². The molecule has 0 radical (unpaired) electrons. The van der Waals surface area contributed by atoms with E-state index in [2.05, 4.69) is 10.1 Å². The predicted molar refractivity (Wildman–Crippen MR) is 96.5 cm³/mol. The van der Waals surface area contributed by atoms with Gasteiger partial charge in [-0.1, -0.05) is 15.7 Å². The number of thiophene rings is 1. The van der Waals surface area contributed by atoms with Crippen molar-refractivity contribution in [2.24, 2.45) is 0 Å². The number of nitro groups is 1. The van der Waals surface area contributed by atoms with Gasteiger partial charge in [0.1, 0.15) is 6.20 Å². The van der Waals surface area contributed by atoms with Gasteiger partial charge in [0.25, 0.3) is 0 Å². The van der Waals surface area contributed by atoms with Gasteiger partial charge in [0, 0.05) is 37.1 Å². The molecule has 0 spiro atoms. The first-order chi connectivity index (χ1) is 12.6. The average molecular weight is 372 g/mol. The molecule has 134 valence electrons. The number of aromatic nitrogens is 3. The van der Waals surface area contributed by atoms with Crippen LogP contribution in [0.4, 0.5) is 11.6 Å². The molecule has 0 atom stereocenters. The van der Waals surface area contributed by atoms with Crippen molar-refractivity contribution >= 4 is 34.5 Å². The number of anilines is 1. The van der Waals surface area contributed by atoms with Crippen LogP contribution in [-0.4, -0.2) is 56.5 Å². The van der Waals surface area contributed by atoms with E-state index in [1.54, 1.807) is 23.5 Å². The van der Waals surface area contributed by atoms with E-state index in [1.165, 1.54) is 10.7 Å². The molecule has 0 aliphatic carbocycles. The zero-order chi connectivity index (χ0) is 18.1. The molecule has 0 unspecified atom stereocenters. The fraction of sp³-hybridized carbons (Fsp3) is 0.312. The summed E-state index contributed by atoms with van der Waals surface area (Å²) in [6, 6.07) is 7.43. The third kappa shape index (κ3) is 3.10. The number of imidazole rings is 1. The quantitative estimate of drug-likeness (QED) is 0.510. The molecule has 0 aromatic carbocycles. The monoisotopic (exact) mass is 372 g/mol. The predicted octanol–water partition coefficient (Wildman–Crippen LogP) is 1.59. The van der Waals surface area contributed by atoms with Crippen molar-refractivity contribution in [3.05, 3.63) is 50.8 Å².